The summed E-state index contributed by atoms with van der Waals surface area (Å²) in [4.78, 5) is 18.2. The van der Waals surface area contributed by atoms with Gasteiger partial charge in [0.25, 0.3) is 0 Å². The van der Waals surface area contributed by atoms with Crippen LogP contribution in [0.3, 0.4) is 0 Å². The van der Waals surface area contributed by atoms with Gasteiger partial charge in [0.05, 0.1) is 0 Å². The largest absolute Gasteiger partial charge is 0.414 e. The highest BCUT2D eigenvalue weighted by atomic mass is 16.6. The van der Waals surface area contributed by atoms with Crippen molar-refractivity contribution in [1.82, 2.24) is 19.7 Å². The van der Waals surface area contributed by atoms with Gasteiger partial charge >= 0.3 is 0 Å². The lowest BCUT2D eigenvalue weighted by molar-refractivity contribution is 0.176. The van der Waals surface area contributed by atoms with Crippen LogP contribution in [0.25, 0.3) is 33.2 Å². The normalized spacial score (nSPS) is 11.1. The quantitative estimate of drug-likeness (QED) is 0.613. The number of hydrogen-bond donors (Lipinski definition) is 1. The van der Waals surface area contributed by atoms with Crippen LogP contribution in [0.1, 0.15) is 0 Å². The van der Waals surface area contributed by atoms with Crippen molar-refractivity contribution < 1.29 is 4.84 Å². The Morgan fingerprint density at radius 2 is 1.86 bits per heavy atom. The van der Waals surface area contributed by atoms with Gasteiger partial charge in [-0.2, -0.15) is 9.71 Å². The van der Waals surface area contributed by atoms with E-state index in [4.69, 9.17) is 10.6 Å². The molecule has 4 aromatic rings. The summed E-state index contributed by atoms with van der Waals surface area (Å²) in [5.41, 5.74) is 8.76. The van der Waals surface area contributed by atoms with E-state index >= 15 is 0 Å². The molecule has 108 valence electrons. The van der Waals surface area contributed by atoms with Gasteiger partial charge in [-0.05, 0) is 10.8 Å². The molecular formula is C16H13N5O. The predicted octanol–water partition coefficient (Wildman–Crippen LogP) is 2.29. The van der Waals surface area contributed by atoms with E-state index in [1.54, 1.807) is 13.4 Å². The number of nitrogens with zero attached hydrogens (tertiary/aromatic N) is 4. The molecule has 2 N–H and O–H groups in total. The minimum atomic E-state index is 0.189. The van der Waals surface area contributed by atoms with E-state index in [-0.39, 0.29) is 5.95 Å². The zero-order valence-corrected chi connectivity index (χ0v) is 11.9. The molecule has 0 saturated heterocycles. The molecule has 22 heavy (non-hydrogen) atoms. The summed E-state index contributed by atoms with van der Waals surface area (Å²) in [7, 11) is 1.55. The van der Waals surface area contributed by atoms with Crippen molar-refractivity contribution in [3.63, 3.8) is 0 Å². The smallest absolute Gasteiger partial charge is 0.222 e. The number of fused-ring (bicyclic) bond motifs is 2. The van der Waals surface area contributed by atoms with Crippen LogP contribution in [0, 0.1) is 0 Å². The summed E-state index contributed by atoms with van der Waals surface area (Å²) in [5, 5.41) is 2.23. The number of nitrogen functional groups attached to an aromatic ring is 1. The summed E-state index contributed by atoms with van der Waals surface area (Å²) in [6, 6.07) is 14.2. The van der Waals surface area contributed by atoms with Gasteiger partial charge in [-0.1, -0.05) is 42.5 Å². The summed E-state index contributed by atoms with van der Waals surface area (Å²) in [6.45, 7) is 0. The third kappa shape index (κ3) is 1.77. The van der Waals surface area contributed by atoms with E-state index in [2.05, 4.69) is 33.2 Å². The second kappa shape index (κ2) is 4.70. The Labute approximate surface area is 126 Å². The van der Waals surface area contributed by atoms with Crippen LogP contribution in [0.15, 0.2) is 48.8 Å². The average Bonchev–Trinajstić information content (AvgIpc) is 2.96. The summed E-state index contributed by atoms with van der Waals surface area (Å²) in [6.07, 6.45) is 1.56. The fourth-order valence-electron chi connectivity index (χ4n) is 2.65. The van der Waals surface area contributed by atoms with Crippen molar-refractivity contribution in [3.8, 4) is 11.3 Å². The Bertz CT molecular complexity index is 987. The predicted molar refractivity (Wildman–Crippen MR) is 85.2 cm³/mol. The fraction of sp³-hybridized carbons (Fsp3) is 0.0625. The Kier molecular flexibility index (Phi) is 2.69. The molecule has 0 saturated carbocycles. The minimum Gasteiger partial charge on any atom is -0.414 e. The van der Waals surface area contributed by atoms with Crippen molar-refractivity contribution in [2.24, 2.45) is 0 Å². The lowest BCUT2D eigenvalue weighted by Crippen LogP contribution is -2.06. The molecule has 0 aliphatic carbocycles. The molecule has 0 amide bonds. The van der Waals surface area contributed by atoms with Crippen LogP contribution in [-0.4, -0.2) is 26.8 Å². The first-order chi connectivity index (χ1) is 10.8. The van der Waals surface area contributed by atoms with E-state index in [1.165, 1.54) is 4.73 Å². The molecule has 2 aromatic heterocycles. The molecule has 4 rings (SSSR count). The fourth-order valence-corrected chi connectivity index (χ4v) is 2.65. The van der Waals surface area contributed by atoms with E-state index in [9.17, 15) is 0 Å². The van der Waals surface area contributed by atoms with Gasteiger partial charge in [0.2, 0.25) is 11.6 Å². The van der Waals surface area contributed by atoms with Crippen molar-refractivity contribution >= 4 is 27.9 Å². The summed E-state index contributed by atoms with van der Waals surface area (Å²) >= 11 is 0. The number of hydrogen-bond acceptors (Lipinski definition) is 5. The number of benzene rings is 2. The van der Waals surface area contributed by atoms with Crippen molar-refractivity contribution in [2.45, 2.75) is 0 Å². The van der Waals surface area contributed by atoms with Gasteiger partial charge < -0.3 is 10.6 Å². The highest BCUT2D eigenvalue weighted by Crippen LogP contribution is 2.31. The van der Waals surface area contributed by atoms with Crippen LogP contribution in [-0.2, 0) is 0 Å². The first kappa shape index (κ1) is 12.6. The Hall–Kier alpha value is -3.15. The molecule has 0 bridgehead atoms. The molecule has 0 atom stereocenters. The van der Waals surface area contributed by atoms with Crippen molar-refractivity contribution in [1.29, 1.82) is 0 Å². The molecule has 0 fully saturated rings. The van der Waals surface area contributed by atoms with E-state index < -0.39 is 0 Å². The number of imidazole rings is 1. The lowest BCUT2D eigenvalue weighted by Gasteiger charge is -2.08. The van der Waals surface area contributed by atoms with Crippen LogP contribution >= 0.6 is 0 Å². The Balaban J connectivity index is 2.10. The summed E-state index contributed by atoms with van der Waals surface area (Å²) < 4.78 is 1.47. The molecule has 6 nitrogen and oxygen atoms in total. The maximum atomic E-state index is 5.87. The maximum Gasteiger partial charge on any atom is 0.222 e. The standard InChI is InChI=1S/C16H13N5O/c1-22-21-9-18-14-13(19-16(17)20-15(14)21)12-8-4-6-10-5-2-3-7-11(10)12/h2-9H,1H3,(H2,17,19,20). The number of nitrogens with two attached hydrogens (primary N) is 1. The van der Waals surface area contributed by atoms with Gasteiger partial charge in [0.1, 0.15) is 24.6 Å². The van der Waals surface area contributed by atoms with Crippen LogP contribution in [0.5, 0.6) is 0 Å². The third-order valence-corrected chi connectivity index (χ3v) is 3.62. The van der Waals surface area contributed by atoms with Gasteiger partial charge in [0.15, 0.2) is 0 Å². The highest BCUT2D eigenvalue weighted by molar-refractivity contribution is 6.01. The molecule has 6 heteroatoms. The monoisotopic (exact) mass is 291 g/mol. The van der Waals surface area contributed by atoms with E-state index in [0.29, 0.717) is 16.9 Å². The number of anilines is 1. The zero-order chi connectivity index (χ0) is 15.1. The molecule has 0 unspecified atom stereocenters. The second-order valence-corrected chi connectivity index (χ2v) is 4.88. The number of aromatic nitrogens is 4. The van der Waals surface area contributed by atoms with Gasteiger partial charge in [0, 0.05) is 5.56 Å². The molecule has 0 spiro atoms. The minimum absolute atomic E-state index is 0.189. The number of rotatable bonds is 2. The SMILES string of the molecule is COn1cnc2c(-c3cccc4ccccc34)nc(N)nc21. The molecule has 0 aliphatic rings. The molecule has 2 heterocycles. The molecule has 0 radical (unpaired) electrons. The van der Waals surface area contributed by atoms with Gasteiger partial charge in [-0.15, -0.1) is 0 Å². The molecular weight excluding hydrogens is 278 g/mol. The average molecular weight is 291 g/mol. The highest BCUT2D eigenvalue weighted by Gasteiger charge is 2.15. The molecule has 2 aromatic carbocycles. The Morgan fingerprint density at radius 3 is 2.73 bits per heavy atom. The van der Waals surface area contributed by atoms with Gasteiger partial charge in [-0.25, -0.2) is 9.97 Å². The second-order valence-electron chi connectivity index (χ2n) is 4.88. The van der Waals surface area contributed by atoms with Crippen molar-refractivity contribution in [2.75, 3.05) is 12.8 Å². The third-order valence-electron chi connectivity index (χ3n) is 3.62. The topological polar surface area (TPSA) is 78.8 Å². The van der Waals surface area contributed by atoms with E-state index in [0.717, 1.165) is 16.3 Å². The lowest BCUT2D eigenvalue weighted by atomic mass is 10.0. The van der Waals surface area contributed by atoms with Crippen LogP contribution in [0.2, 0.25) is 0 Å². The van der Waals surface area contributed by atoms with Crippen LogP contribution < -0.4 is 10.6 Å². The first-order valence-corrected chi connectivity index (χ1v) is 6.81. The molecule has 0 aliphatic heterocycles. The summed E-state index contributed by atoms with van der Waals surface area (Å²) in [5.74, 6) is 0.189. The zero-order valence-electron chi connectivity index (χ0n) is 11.9. The van der Waals surface area contributed by atoms with Gasteiger partial charge in [-0.3, -0.25) is 0 Å². The first-order valence-electron chi connectivity index (χ1n) is 6.81. The maximum absolute atomic E-state index is 5.87. The van der Waals surface area contributed by atoms with Crippen molar-refractivity contribution in [3.05, 3.63) is 48.8 Å². The van der Waals surface area contributed by atoms with Crippen LogP contribution in [0.4, 0.5) is 5.95 Å². The Morgan fingerprint density at radius 1 is 1.05 bits per heavy atom. The van der Waals surface area contributed by atoms with E-state index in [1.807, 2.05) is 24.3 Å².